The summed E-state index contributed by atoms with van der Waals surface area (Å²) < 4.78 is 0. The van der Waals surface area contributed by atoms with Crippen LogP contribution in [0.15, 0.2) is 0 Å². The Morgan fingerprint density at radius 2 is 1.79 bits per heavy atom. The Labute approximate surface area is 87.7 Å². The van der Waals surface area contributed by atoms with Gasteiger partial charge in [0.15, 0.2) is 0 Å². The van der Waals surface area contributed by atoms with E-state index in [0.29, 0.717) is 17.1 Å². The van der Waals surface area contributed by atoms with Gasteiger partial charge < -0.3 is 4.90 Å². The third-order valence-electron chi connectivity index (χ3n) is 3.42. The van der Waals surface area contributed by atoms with Crippen LogP contribution in [0, 0.1) is 11.3 Å². The normalized spacial score (nSPS) is 22.4. The molecule has 1 aliphatic heterocycles. The number of nitrogens with zero attached hydrogens (tertiary/aromatic N) is 1. The van der Waals surface area contributed by atoms with E-state index in [-0.39, 0.29) is 0 Å². The molecule has 0 radical (unpaired) electrons. The molecule has 1 rings (SSSR count). The van der Waals surface area contributed by atoms with Gasteiger partial charge in [-0.15, -0.1) is 0 Å². The molecule has 2 heteroatoms. The van der Waals surface area contributed by atoms with Crippen LogP contribution < -0.4 is 0 Å². The summed E-state index contributed by atoms with van der Waals surface area (Å²) in [6, 6.07) is 0. The van der Waals surface area contributed by atoms with Gasteiger partial charge in [0.2, 0.25) is 0 Å². The number of Topliss-reactive ketones (excluding diaryl/α,β-unsaturated/α-hetero) is 1. The van der Waals surface area contributed by atoms with Gasteiger partial charge in [0.05, 0.1) is 0 Å². The van der Waals surface area contributed by atoms with Gasteiger partial charge in [-0.3, -0.25) is 4.79 Å². The maximum Gasteiger partial charge on any atom is 0.135 e. The van der Waals surface area contributed by atoms with E-state index in [9.17, 15) is 4.79 Å². The minimum absolute atomic E-state index is 0.376. The molecule has 0 amide bonds. The highest BCUT2D eigenvalue weighted by Gasteiger charge is 2.24. The second-order valence-corrected chi connectivity index (χ2v) is 5.61. The van der Waals surface area contributed by atoms with Crippen molar-refractivity contribution in [1.82, 2.24) is 4.90 Å². The SMILES string of the molecule is CC(CN1CCC(=O)CC1)C(C)(C)C. The van der Waals surface area contributed by atoms with Gasteiger partial charge >= 0.3 is 0 Å². The Bertz CT molecular complexity index is 195. The first-order valence-electron chi connectivity index (χ1n) is 5.63. The summed E-state index contributed by atoms with van der Waals surface area (Å²) in [6.07, 6.45) is 1.52. The molecular weight excluding hydrogens is 174 g/mol. The lowest BCUT2D eigenvalue weighted by Gasteiger charge is -2.34. The molecule has 0 bridgehead atoms. The summed E-state index contributed by atoms with van der Waals surface area (Å²) in [5.74, 6) is 1.13. The molecule has 1 saturated heterocycles. The topological polar surface area (TPSA) is 20.3 Å². The smallest absolute Gasteiger partial charge is 0.135 e. The Kier molecular flexibility index (Phi) is 3.71. The van der Waals surface area contributed by atoms with Crippen LogP contribution >= 0.6 is 0 Å². The summed E-state index contributed by atoms with van der Waals surface area (Å²) >= 11 is 0. The van der Waals surface area contributed by atoms with Crippen molar-refractivity contribution in [2.24, 2.45) is 11.3 Å². The van der Waals surface area contributed by atoms with Gasteiger partial charge in [0.1, 0.15) is 5.78 Å². The fourth-order valence-corrected chi connectivity index (χ4v) is 1.65. The lowest BCUT2D eigenvalue weighted by molar-refractivity contribution is -0.121. The highest BCUT2D eigenvalue weighted by atomic mass is 16.1. The van der Waals surface area contributed by atoms with Crippen molar-refractivity contribution in [2.75, 3.05) is 19.6 Å². The van der Waals surface area contributed by atoms with Crippen molar-refractivity contribution < 1.29 is 4.79 Å². The van der Waals surface area contributed by atoms with Gasteiger partial charge in [-0.25, -0.2) is 0 Å². The average Bonchev–Trinajstić information content (AvgIpc) is 2.07. The quantitative estimate of drug-likeness (QED) is 0.677. The zero-order chi connectivity index (χ0) is 10.8. The molecule has 0 aliphatic carbocycles. The number of piperidine rings is 1. The van der Waals surface area contributed by atoms with Crippen LogP contribution in [0.5, 0.6) is 0 Å². The van der Waals surface area contributed by atoms with Crippen LogP contribution in [-0.4, -0.2) is 30.3 Å². The van der Waals surface area contributed by atoms with Crippen LogP contribution in [0.3, 0.4) is 0 Å². The van der Waals surface area contributed by atoms with Gasteiger partial charge in [-0.05, 0) is 11.3 Å². The van der Waals surface area contributed by atoms with E-state index in [2.05, 4.69) is 32.6 Å². The van der Waals surface area contributed by atoms with Gasteiger partial charge in [0, 0.05) is 32.5 Å². The number of hydrogen-bond acceptors (Lipinski definition) is 2. The maximum atomic E-state index is 11.1. The molecule has 0 saturated carbocycles. The fourth-order valence-electron chi connectivity index (χ4n) is 1.65. The fraction of sp³-hybridized carbons (Fsp3) is 0.917. The number of carbonyl (C=O) groups is 1. The van der Waals surface area contributed by atoms with Gasteiger partial charge in [-0.2, -0.15) is 0 Å². The molecule has 1 atom stereocenters. The average molecular weight is 197 g/mol. The minimum Gasteiger partial charge on any atom is -0.302 e. The molecule has 1 fully saturated rings. The Balaban J connectivity index is 2.34. The maximum absolute atomic E-state index is 11.1. The van der Waals surface area contributed by atoms with E-state index in [0.717, 1.165) is 32.5 Å². The molecule has 0 spiro atoms. The number of rotatable bonds is 2. The molecule has 14 heavy (non-hydrogen) atoms. The van der Waals surface area contributed by atoms with Crippen molar-refractivity contribution in [3.05, 3.63) is 0 Å². The molecule has 82 valence electrons. The molecule has 0 aromatic heterocycles. The first-order valence-corrected chi connectivity index (χ1v) is 5.63. The minimum atomic E-state index is 0.376. The highest BCUT2D eigenvalue weighted by molar-refractivity contribution is 5.79. The summed E-state index contributed by atoms with van der Waals surface area (Å²) in [7, 11) is 0. The van der Waals surface area contributed by atoms with Crippen LogP contribution in [-0.2, 0) is 4.79 Å². The third kappa shape index (κ3) is 3.41. The van der Waals surface area contributed by atoms with E-state index in [1.165, 1.54) is 0 Å². The largest absolute Gasteiger partial charge is 0.302 e. The van der Waals surface area contributed by atoms with E-state index in [4.69, 9.17) is 0 Å². The molecule has 2 nitrogen and oxygen atoms in total. The van der Waals surface area contributed by atoms with Crippen LogP contribution in [0.4, 0.5) is 0 Å². The summed E-state index contributed by atoms with van der Waals surface area (Å²) in [5, 5.41) is 0. The Morgan fingerprint density at radius 1 is 1.29 bits per heavy atom. The third-order valence-corrected chi connectivity index (χ3v) is 3.42. The molecular formula is C12H23NO. The second-order valence-electron chi connectivity index (χ2n) is 5.61. The molecule has 0 aromatic carbocycles. The monoisotopic (exact) mass is 197 g/mol. The number of carbonyl (C=O) groups excluding carboxylic acids is 1. The van der Waals surface area contributed by atoms with Crippen molar-refractivity contribution in [1.29, 1.82) is 0 Å². The van der Waals surface area contributed by atoms with Crippen molar-refractivity contribution >= 4 is 5.78 Å². The molecule has 0 N–H and O–H groups in total. The molecule has 1 heterocycles. The van der Waals surface area contributed by atoms with E-state index >= 15 is 0 Å². The van der Waals surface area contributed by atoms with E-state index < -0.39 is 0 Å². The lowest BCUT2D eigenvalue weighted by Crippen LogP contribution is -2.39. The summed E-state index contributed by atoms with van der Waals surface area (Å²) in [4.78, 5) is 13.5. The zero-order valence-electron chi connectivity index (χ0n) is 9.97. The van der Waals surface area contributed by atoms with Crippen LogP contribution in [0.1, 0.15) is 40.5 Å². The number of ketones is 1. The van der Waals surface area contributed by atoms with Crippen LogP contribution in [0.25, 0.3) is 0 Å². The Hall–Kier alpha value is -0.370. The van der Waals surface area contributed by atoms with Crippen molar-refractivity contribution in [3.8, 4) is 0 Å². The molecule has 0 aromatic rings. The Morgan fingerprint density at radius 3 is 2.21 bits per heavy atom. The number of hydrogen-bond donors (Lipinski definition) is 0. The standard InChI is InChI=1S/C12H23NO/c1-10(12(2,3)4)9-13-7-5-11(14)6-8-13/h10H,5-9H2,1-4H3. The predicted octanol–water partition coefficient (Wildman–Crippen LogP) is 2.33. The summed E-state index contributed by atoms with van der Waals surface area (Å²) in [5.41, 5.74) is 0.376. The van der Waals surface area contributed by atoms with Crippen LogP contribution in [0.2, 0.25) is 0 Å². The predicted molar refractivity (Wildman–Crippen MR) is 59.3 cm³/mol. The van der Waals surface area contributed by atoms with Crippen molar-refractivity contribution in [2.45, 2.75) is 40.5 Å². The molecule has 1 aliphatic rings. The van der Waals surface area contributed by atoms with E-state index in [1.807, 2.05) is 0 Å². The van der Waals surface area contributed by atoms with Gasteiger partial charge in [0.25, 0.3) is 0 Å². The summed E-state index contributed by atoms with van der Waals surface area (Å²) in [6.45, 7) is 12.2. The first kappa shape index (κ1) is 11.7. The van der Waals surface area contributed by atoms with Crippen molar-refractivity contribution in [3.63, 3.8) is 0 Å². The first-order chi connectivity index (χ1) is 6.39. The van der Waals surface area contributed by atoms with E-state index in [1.54, 1.807) is 0 Å². The lowest BCUT2D eigenvalue weighted by atomic mass is 9.81. The van der Waals surface area contributed by atoms with Gasteiger partial charge in [-0.1, -0.05) is 27.7 Å². The second kappa shape index (κ2) is 4.43. The zero-order valence-corrected chi connectivity index (χ0v) is 9.97. The highest BCUT2D eigenvalue weighted by Crippen LogP contribution is 2.26. The number of likely N-dealkylation sites (tertiary alicyclic amines) is 1. The molecule has 1 unspecified atom stereocenters.